The molecular formula is C18H14ClFN4O2. The van der Waals surface area contributed by atoms with Crippen molar-refractivity contribution >= 4 is 34.8 Å². The van der Waals surface area contributed by atoms with Crippen LogP contribution in [0.5, 0.6) is 5.75 Å². The number of hydrogen-bond acceptors (Lipinski definition) is 5. The fourth-order valence-electron chi connectivity index (χ4n) is 2.19. The van der Waals surface area contributed by atoms with Crippen LogP contribution in [0.2, 0.25) is 5.02 Å². The molecule has 0 bridgehead atoms. The zero-order valence-corrected chi connectivity index (χ0v) is 14.4. The molecule has 3 rings (SSSR count). The molecule has 0 saturated heterocycles. The molecule has 2 aromatic carbocycles. The molecule has 132 valence electrons. The molecule has 0 saturated carbocycles. The van der Waals surface area contributed by atoms with E-state index >= 15 is 0 Å². The topological polar surface area (TPSA) is 76.1 Å². The first kappa shape index (κ1) is 17.6. The molecule has 26 heavy (non-hydrogen) atoms. The van der Waals surface area contributed by atoms with E-state index in [2.05, 4.69) is 20.8 Å². The minimum Gasteiger partial charge on any atom is -0.495 e. The van der Waals surface area contributed by atoms with Gasteiger partial charge in [0.1, 0.15) is 11.6 Å². The van der Waals surface area contributed by atoms with Crippen molar-refractivity contribution < 1.29 is 13.9 Å². The lowest BCUT2D eigenvalue weighted by Gasteiger charge is -2.09. The van der Waals surface area contributed by atoms with E-state index in [0.717, 1.165) is 0 Å². The molecule has 0 aliphatic rings. The SMILES string of the molecule is COc1ccc(Nc2ccc(NC(=O)c3ccccc3F)nn2)cc1Cl. The molecule has 1 amide bonds. The highest BCUT2D eigenvalue weighted by atomic mass is 35.5. The van der Waals surface area contributed by atoms with Crippen molar-refractivity contribution in [2.75, 3.05) is 17.7 Å². The third-order valence-corrected chi connectivity index (χ3v) is 3.74. The number of carbonyl (C=O) groups excluding carboxylic acids is 1. The van der Waals surface area contributed by atoms with E-state index < -0.39 is 11.7 Å². The van der Waals surface area contributed by atoms with E-state index in [1.54, 1.807) is 36.4 Å². The Kier molecular flexibility index (Phi) is 5.28. The van der Waals surface area contributed by atoms with Crippen molar-refractivity contribution in [2.45, 2.75) is 0 Å². The molecule has 0 unspecified atom stereocenters. The van der Waals surface area contributed by atoms with Crippen LogP contribution < -0.4 is 15.4 Å². The van der Waals surface area contributed by atoms with Gasteiger partial charge in [-0.25, -0.2) is 4.39 Å². The molecule has 0 aliphatic carbocycles. The Labute approximate surface area is 154 Å². The predicted octanol–water partition coefficient (Wildman–Crippen LogP) is 4.27. The summed E-state index contributed by atoms with van der Waals surface area (Å²) in [5.41, 5.74) is 0.637. The van der Waals surface area contributed by atoms with Crippen LogP contribution in [0.15, 0.2) is 54.6 Å². The summed E-state index contributed by atoms with van der Waals surface area (Å²) in [4.78, 5) is 12.0. The summed E-state index contributed by atoms with van der Waals surface area (Å²) in [6, 6.07) is 14.1. The maximum atomic E-state index is 13.6. The first-order valence-corrected chi connectivity index (χ1v) is 7.95. The molecule has 1 aromatic heterocycles. The van der Waals surface area contributed by atoms with Crippen LogP contribution in [0.25, 0.3) is 0 Å². The third kappa shape index (κ3) is 4.07. The zero-order chi connectivity index (χ0) is 18.5. The standard InChI is InChI=1S/C18H14ClFN4O2/c1-26-15-7-6-11(10-13(15)19)21-16-8-9-17(24-23-16)22-18(25)12-4-2-3-5-14(12)20/h2-10H,1H3,(H,21,23)(H,22,24,25). The van der Waals surface area contributed by atoms with E-state index in [0.29, 0.717) is 22.3 Å². The number of halogens is 2. The molecular weight excluding hydrogens is 359 g/mol. The second kappa shape index (κ2) is 7.79. The first-order chi connectivity index (χ1) is 12.6. The fourth-order valence-corrected chi connectivity index (χ4v) is 2.44. The van der Waals surface area contributed by atoms with Gasteiger partial charge in [0.05, 0.1) is 17.7 Å². The predicted molar refractivity (Wildman–Crippen MR) is 97.7 cm³/mol. The maximum absolute atomic E-state index is 13.6. The third-order valence-electron chi connectivity index (χ3n) is 3.45. The van der Waals surface area contributed by atoms with Gasteiger partial charge in [0, 0.05) is 5.69 Å². The van der Waals surface area contributed by atoms with E-state index in [9.17, 15) is 9.18 Å². The van der Waals surface area contributed by atoms with Crippen molar-refractivity contribution in [3.63, 3.8) is 0 Å². The lowest BCUT2D eigenvalue weighted by atomic mass is 10.2. The Morgan fingerprint density at radius 2 is 1.81 bits per heavy atom. The Hall–Kier alpha value is -3.19. The Bertz CT molecular complexity index is 935. The zero-order valence-electron chi connectivity index (χ0n) is 13.7. The van der Waals surface area contributed by atoms with Crippen LogP contribution in [0.4, 0.5) is 21.7 Å². The Morgan fingerprint density at radius 1 is 1.08 bits per heavy atom. The van der Waals surface area contributed by atoms with Crippen LogP contribution in [0.1, 0.15) is 10.4 Å². The van der Waals surface area contributed by atoms with Gasteiger partial charge in [-0.1, -0.05) is 23.7 Å². The number of ether oxygens (including phenoxy) is 1. The number of hydrogen-bond donors (Lipinski definition) is 2. The molecule has 2 N–H and O–H groups in total. The van der Waals surface area contributed by atoms with Gasteiger partial charge in [0.15, 0.2) is 11.6 Å². The van der Waals surface area contributed by atoms with Crippen LogP contribution in [0, 0.1) is 5.82 Å². The smallest absolute Gasteiger partial charge is 0.259 e. The minimum atomic E-state index is -0.604. The summed E-state index contributed by atoms with van der Waals surface area (Å²) in [7, 11) is 1.54. The van der Waals surface area contributed by atoms with E-state index in [1.807, 2.05) is 0 Å². The number of benzene rings is 2. The monoisotopic (exact) mass is 372 g/mol. The van der Waals surface area contributed by atoms with Gasteiger partial charge in [0.2, 0.25) is 0 Å². The highest BCUT2D eigenvalue weighted by molar-refractivity contribution is 6.32. The summed E-state index contributed by atoms with van der Waals surface area (Å²) in [5.74, 6) is 0.0221. The van der Waals surface area contributed by atoms with Gasteiger partial charge < -0.3 is 15.4 Å². The van der Waals surface area contributed by atoms with Crippen molar-refractivity contribution in [1.29, 1.82) is 0 Å². The van der Waals surface area contributed by atoms with Gasteiger partial charge in [-0.2, -0.15) is 0 Å². The lowest BCUT2D eigenvalue weighted by molar-refractivity contribution is 0.102. The quantitative estimate of drug-likeness (QED) is 0.699. The minimum absolute atomic E-state index is 0.0654. The Balaban J connectivity index is 1.68. The molecule has 0 radical (unpaired) electrons. The van der Waals surface area contributed by atoms with Gasteiger partial charge >= 0.3 is 0 Å². The highest BCUT2D eigenvalue weighted by Gasteiger charge is 2.12. The molecule has 6 nitrogen and oxygen atoms in total. The summed E-state index contributed by atoms with van der Waals surface area (Å²) in [5, 5.41) is 13.9. The highest BCUT2D eigenvalue weighted by Crippen LogP contribution is 2.28. The average molecular weight is 373 g/mol. The number of rotatable bonds is 5. The average Bonchev–Trinajstić information content (AvgIpc) is 2.64. The number of carbonyl (C=O) groups is 1. The largest absolute Gasteiger partial charge is 0.495 e. The molecule has 3 aromatic rings. The van der Waals surface area contributed by atoms with Crippen LogP contribution >= 0.6 is 11.6 Å². The molecule has 0 spiro atoms. The second-order valence-electron chi connectivity index (χ2n) is 5.21. The van der Waals surface area contributed by atoms with E-state index in [-0.39, 0.29) is 11.4 Å². The van der Waals surface area contributed by atoms with Crippen LogP contribution in [-0.2, 0) is 0 Å². The van der Waals surface area contributed by atoms with E-state index in [4.69, 9.17) is 16.3 Å². The van der Waals surface area contributed by atoms with Crippen molar-refractivity contribution in [2.24, 2.45) is 0 Å². The van der Waals surface area contributed by atoms with Crippen LogP contribution in [0.3, 0.4) is 0 Å². The van der Waals surface area contributed by atoms with Crippen molar-refractivity contribution in [3.05, 3.63) is 71.0 Å². The van der Waals surface area contributed by atoms with E-state index in [1.165, 1.54) is 25.3 Å². The molecule has 0 aliphatic heterocycles. The summed E-state index contributed by atoms with van der Waals surface area (Å²) >= 11 is 6.07. The number of anilines is 3. The van der Waals surface area contributed by atoms with Gasteiger partial charge in [-0.3, -0.25) is 4.79 Å². The molecule has 0 fully saturated rings. The molecule has 8 heteroatoms. The van der Waals surface area contributed by atoms with Crippen LogP contribution in [-0.4, -0.2) is 23.2 Å². The number of methoxy groups -OCH3 is 1. The number of nitrogens with zero attached hydrogens (tertiary/aromatic N) is 2. The lowest BCUT2D eigenvalue weighted by Crippen LogP contribution is -2.15. The number of amides is 1. The fraction of sp³-hybridized carbons (Fsp3) is 0.0556. The van der Waals surface area contributed by atoms with Gasteiger partial charge in [0.25, 0.3) is 5.91 Å². The number of nitrogens with one attached hydrogen (secondary N) is 2. The van der Waals surface area contributed by atoms with Crippen molar-refractivity contribution in [3.8, 4) is 5.75 Å². The first-order valence-electron chi connectivity index (χ1n) is 7.57. The van der Waals surface area contributed by atoms with Gasteiger partial charge in [-0.15, -0.1) is 10.2 Å². The maximum Gasteiger partial charge on any atom is 0.259 e. The Morgan fingerprint density at radius 3 is 2.46 bits per heavy atom. The molecule has 1 heterocycles. The summed E-state index contributed by atoms with van der Waals surface area (Å²) < 4.78 is 18.7. The number of aromatic nitrogens is 2. The molecule has 0 atom stereocenters. The van der Waals surface area contributed by atoms with Gasteiger partial charge in [-0.05, 0) is 42.5 Å². The normalized spacial score (nSPS) is 10.3. The van der Waals surface area contributed by atoms with Crippen molar-refractivity contribution in [1.82, 2.24) is 10.2 Å². The summed E-state index contributed by atoms with van der Waals surface area (Å²) in [6.07, 6.45) is 0. The second-order valence-corrected chi connectivity index (χ2v) is 5.62. The summed E-state index contributed by atoms with van der Waals surface area (Å²) in [6.45, 7) is 0.